The van der Waals surface area contributed by atoms with E-state index in [1.54, 1.807) is 24.3 Å². The number of nitro groups is 1. The van der Waals surface area contributed by atoms with Gasteiger partial charge in [-0.3, -0.25) is 10.1 Å². The monoisotopic (exact) mass is 309 g/mol. The Morgan fingerprint density at radius 1 is 1.25 bits per heavy atom. The zero-order valence-corrected chi connectivity index (χ0v) is 11.5. The zero-order valence-electron chi connectivity index (χ0n) is 9.95. The number of nitro benzene ring substituents is 1. The molecule has 0 aromatic heterocycles. The molecule has 0 bridgehead atoms. The minimum absolute atomic E-state index is 0.0238. The predicted molar refractivity (Wildman–Crippen MR) is 75.6 cm³/mol. The molecular formula is C13H8ClNO4S. The number of carbonyl (C=O) groups is 1. The van der Waals surface area contributed by atoms with Gasteiger partial charge in [0.15, 0.2) is 0 Å². The molecular weight excluding hydrogens is 302 g/mol. The van der Waals surface area contributed by atoms with Crippen molar-refractivity contribution in [2.24, 2.45) is 0 Å². The number of hydrogen-bond donors (Lipinski definition) is 1. The van der Waals surface area contributed by atoms with Gasteiger partial charge in [0.1, 0.15) is 0 Å². The molecule has 5 nitrogen and oxygen atoms in total. The number of rotatable bonds is 4. The number of aromatic carboxylic acids is 1. The van der Waals surface area contributed by atoms with Gasteiger partial charge in [-0.1, -0.05) is 35.5 Å². The Hall–Kier alpha value is -2.05. The van der Waals surface area contributed by atoms with Gasteiger partial charge in [0.2, 0.25) is 0 Å². The van der Waals surface area contributed by atoms with Crippen molar-refractivity contribution >= 4 is 35.0 Å². The van der Waals surface area contributed by atoms with Gasteiger partial charge in [0.05, 0.1) is 20.4 Å². The maximum absolute atomic E-state index is 11.0. The van der Waals surface area contributed by atoms with Crippen LogP contribution in [-0.2, 0) is 0 Å². The molecule has 0 unspecified atom stereocenters. The van der Waals surface area contributed by atoms with Crippen molar-refractivity contribution in [1.29, 1.82) is 0 Å². The van der Waals surface area contributed by atoms with Crippen LogP contribution < -0.4 is 0 Å². The Kier molecular flexibility index (Phi) is 4.26. The third-order valence-corrected chi connectivity index (χ3v) is 3.84. The van der Waals surface area contributed by atoms with Gasteiger partial charge in [-0.15, -0.1) is 0 Å². The van der Waals surface area contributed by atoms with Crippen LogP contribution in [0.15, 0.2) is 52.3 Å². The van der Waals surface area contributed by atoms with Crippen LogP contribution in [0.4, 0.5) is 5.69 Å². The zero-order chi connectivity index (χ0) is 14.7. The first-order valence-corrected chi connectivity index (χ1v) is 6.62. The number of carboxylic acids is 1. The molecule has 1 N–H and O–H groups in total. The van der Waals surface area contributed by atoms with Crippen LogP contribution in [0.2, 0.25) is 5.02 Å². The summed E-state index contributed by atoms with van der Waals surface area (Å²) in [7, 11) is 0. The summed E-state index contributed by atoms with van der Waals surface area (Å²) in [5.41, 5.74) is -0.0559. The number of nitrogens with zero attached hydrogens (tertiary/aromatic N) is 1. The first-order valence-electron chi connectivity index (χ1n) is 5.43. The Balaban J connectivity index is 2.38. The van der Waals surface area contributed by atoms with E-state index in [-0.39, 0.29) is 16.3 Å². The molecule has 0 aliphatic heterocycles. The van der Waals surface area contributed by atoms with Crippen LogP contribution in [0.5, 0.6) is 0 Å². The van der Waals surface area contributed by atoms with Crippen molar-refractivity contribution in [3.63, 3.8) is 0 Å². The van der Waals surface area contributed by atoms with E-state index < -0.39 is 10.9 Å². The van der Waals surface area contributed by atoms with Gasteiger partial charge in [-0.25, -0.2) is 4.79 Å². The molecule has 2 aromatic carbocycles. The van der Waals surface area contributed by atoms with Crippen LogP contribution in [0.1, 0.15) is 10.4 Å². The fraction of sp³-hybridized carbons (Fsp3) is 0. The van der Waals surface area contributed by atoms with Crippen molar-refractivity contribution in [3.8, 4) is 0 Å². The van der Waals surface area contributed by atoms with Crippen molar-refractivity contribution in [3.05, 3.63) is 63.2 Å². The number of para-hydroxylation sites is 1. The third-order valence-electron chi connectivity index (χ3n) is 2.46. The van der Waals surface area contributed by atoms with Crippen LogP contribution >= 0.6 is 23.4 Å². The molecule has 0 heterocycles. The molecule has 0 fully saturated rings. The third kappa shape index (κ3) is 3.09. The summed E-state index contributed by atoms with van der Waals surface area (Å²) in [5, 5.41) is 20.0. The minimum atomic E-state index is -1.14. The molecule has 0 saturated heterocycles. The summed E-state index contributed by atoms with van der Waals surface area (Å²) in [6.45, 7) is 0. The molecule has 20 heavy (non-hydrogen) atoms. The first kappa shape index (κ1) is 14.4. The fourth-order valence-corrected chi connectivity index (χ4v) is 2.71. The maximum Gasteiger partial charge on any atom is 0.337 e. The minimum Gasteiger partial charge on any atom is -0.478 e. The quantitative estimate of drug-likeness (QED) is 0.679. The van der Waals surface area contributed by atoms with E-state index in [1.807, 2.05) is 0 Å². The van der Waals surface area contributed by atoms with E-state index in [9.17, 15) is 14.9 Å². The molecule has 102 valence electrons. The van der Waals surface area contributed by atoms with Gasteiger partial charge < -0.3 is 5.11 Å². The summed E-state index contributed by atoms with van der Waals surface area (Å²) < 4.78 is 0. The Bertz CT molecular complexity index is 690. The Morgan fingerprint density at radius 2 is 1.95 bits per heavy atom. The Labute approximate surface area is 123 Å². The van der Waals surface area contributed by atoms with Crippen LogP contribution in [0.3, 0.4) is 0 Å². The molecule has 0 saturated carbocycles. The smallest absolute Gasteiger partial charge is 0.337 e. The number of halogens is 1. The van der Waals surface area contributed by atoms with E-state index in [1.165, 1.54) is 18.2 Å². The largest absolute Gasteiger partial charge is 0.478 e. The lowest BCUT2D eigenvalue weighted by molar-refractivity contribution is -0.387. The van der Waals surface area contributed by atoms with Crippen molar-refractivity contribution < 1.29 is 14.8 Å². The van der Waals surface area contributed by atoms with Gasteiger partial charge in [0, 0.05) is 11.0 Å². The van der Waals surface area contributed by atoms with E-state index in [4.69, 9.17) is 16.7 Å². The SMILES string of the molecule is O=C(O)c1cc(Sc2ccccc2[N+](=O)[O-])ccc1Cl. The standard InChI is InChI=1S/C13H8ClNO4S/c14-10-6-5-8(7-9(10)13(16)17)20-12-4-2-1-3-11(12)15(18)19/h1-7H,(H,16,17). The molecule has 0 aliphatic rings. The summed E-state index contributed by atoms with van der Waals surface area (Å²) in [6.07, 6.45) is 0. The highest BCUT2D eigenvalue weighted by molar-refractivity contribution is 7.99. The average molecular weight is 310 g/mol. The van der Waals surface area contributed by atoms with E-state index in [0.717, 1.165) is 11.8 Å². The Morgan fingerprint density at radius 3 is 2.60 bits per heavy atom. The summed E-state index contributed by atoms with van der Waals surface area (Å²) in [5.74, 6) is -1.14. The van der Waals surface area contributed by atoms with Gasteiger partial charge in [-0.2, -0.15) is 0 Å². The highest BCUT2D eigenvalue weighted by atomic mass is 35.5. The van der Waals surface area contributed by atoms with Gasteiger partial charge >= 0.3 is 5.97 Å². The molecule has 0 spiro atoms. The second-order valence-corrected chi connectivity index (χ2v) is 5.30. The second kappa shape index (κ2) is 5.94. The highest BCUT2D eigenvalue weighted by Gasteiger charge is 2.15. The van der Waals surface area contributed by atoms with E-state index in [0.29, 0.717) is 9.79 Å². The van der Waals surface area contributed by atoms with Gasteiger partial charge in [-0.05, 0) is 24.3 Å². The molecule has 0 aliphatic carbocycles. The van der Waals surface area contributed by atoms with Crippen LogP contribution in [0, 0.1) is 10.1 Å². The molecule has 0 atom stereocenters. The summed E-state index contributed by atoms with van der Waals surface area (Å²) in [4.78, 5) is 22.5. The lowest BCUT2D eigenvalue weighted by Crippen LogP contribution is -1.97. The molecule has 2 rings (SSSR count). The fourth-order valence-electron chi connectivity index (χ4n) is 1.55. The summed E-state index contributed by atoms with van der Waals surface area (Å²) in [6, 6.07) is 10.7. The average Bonchev–Trinajstić information content (AvgIpc) is 2.41. The molecule has 7 heteroatoms. The maximum atomic E-state index is 11.0. The van der Waals surface area contributed by atoms with E-state index in [2.05, 4.69) is 0 Å². The van der Waals surface area contributed by atoms with Crippen molar-refractivity contribution in [2.45, 2.75) is 9.79 Å². The lowest BCUT2D eigenvalue weighted by Gasteiger charge is -2.05. The number of benzene rings is 2. The van der Waals surface area contributed by atoms with Crippen LogP contribution in [-0.4, -0.2) is 16.0 Å². The van der Waals surface area contributed by atoms with Crippen molar-refractivity contribution in [1.82, 2.24) is 0 Å². The molecule has 0 amide bonds. The van der Waals surface area contributed by atoms with Crippen LogP contribution in [0.25, 0.3) is 0 Å². The van der Waals surface area contributed by atoms with Crippen molar-refractivity contribution in [2.75, 3.05) is 0 Å². The number of carboxylic acid groups (broad SMARTS) is 1. The summed E-state index contributed by atoms with van der Waals surface area (Å²) >= 11 is 6.90. The number of hydrogen-bond acceptors (Lipinski definition) is 4. The van der Waals surface area contributed by atoms with Gasteiger partial charge in [0.25, 0.3) is 5.69 Å². The topological polar surface area (TPSA) is 80.4 Å². The van der Waals surface area contributed by atoms with E-state index >= 15 is 0 Å². The lowest BCUT2D eigenvalue weighted by atomic mass is 10.2. The first-order chi connectivity index (χ1) is 9.49. The highest BCUT2D eigenvalue weighted by Crippen LogP contribution is 2.35. The predicted octanol–water partition coefficient (Wildman–Crippen LogP) is 4.10. The molecule has 2 aromatic rings. The normalized spacial score (nSPS) is 10.2. The second-order valence-electron chi connectivity index (χ2n) is 3.77. The molecule has 0 radical (unpaired) electrons.